The first kappa shape index (κ1) is 10.2. The maximum atomic E-state index is 13.2. The number of fused-ring (bicyclic) bond motifs is 1. The van der Waals surface area contributed by atoms with Gasteiger partial charge in [0.25, 0.3) is 0 Å². The van der Waals surface area contributed by atoms with Gasteiger partial charge in [-0.1, -0.05) is 0 Å². The van der Waals surface area contributed by atoms with E-state index in [2.05, 4.69) is 0 Å². The molecule has 0 saturated heterocycles. The van der Waals surface area contributed by atoms with E-state index in [0.717, 1.165) is 29.4 Å². The summed E-state index contributed by atoms with van der Waals surface area (Å²) >= 11 is 0. The third-order valence-corrected chi connectivity index (χ3v) is 2.46. The van der Waals surface area contributed by atoms with E-state index >= 15 is 0 Å². The highest BCUT2D eigenvalue weighted by Gasteiger charge is 2.07. The van der Waals surface area contributed by atoms with Crippen LogP contribution in [-0.4, -0.2) is 6.04 Å². The number of aryl methyl sites for hydroxylation is 1. The van der Waals surface area contributed by atoms with Crippen LogP contribution in [0, 0.1) is 5.82 Å². The molecule has 2 rings (SSSR count). The molecule has 0 aliphatic heterocycles. The summed E-state index contributed by atoms with van der Waals surface area (Å²) in [5.74, 6) is -0.219. The van der Waals surface area contributed by atoms with Crippen LogP contribution in [0.4, 0.5) is 4.39 Å². The Morgan fingerprint density at radius 3 is 3.00 bits per heavy atom. The van der Waals surface area contributed by atoms with Crippen molar-refractivity contribution in [2.75, 3.05) is 0 Å². The Labute approximate surface area is 87.9 Å². The lowest BCUT2D eigenvalue weighted by molar-refractivity contribution is 0.595. The Morgan fingerprint density at radius 1 is 1.47 bits per heavy atom. The number of hydrogen-bond acceptors (Lipinski definition) is 2. The highest BCUT2D eigenvalue weighted by molar-refractivity contribution is 5.80. The topological polar surface area (TPSA) is 39.2 Å². The van der Waals surface area contributed by atoms with Crippen LogP contribution in [0.3, 0.4) is 0 Å². The summed E-state index contributed by atoms with van der Waals surface area (Å²) in [7, 11) is 0. The molecule has 0 radical (unpaired) electrons. The van der Waals surface area contributed by atoms with Crippen molar-refractivity contribution in [3.8, 4) is 0 Å². The first-order valence-corrected chi connectivity index (χ1v) is 5.08. The summed E-state index contributed by atoms with van der Waals surface area (Å²) in [6.07, 6.45) is 3.16. The Balaban J connectivity index is 2.35. The lowest BCUT2D eigenvalue weighted by Crippen LogP contribution is -2.15. The summed E-state index contributed by atoms with van der Waals surface area (Å²) < 4.78 is 18.6. The minimum atomic E-state index is -0.219. The second kappa shape index (κ2) is 4.03. The third-order valence-electron chi connectivity index (χ3n) is 2.46. The fourth-order valence-corrected chi connectivity index (χ4v) is 1.68. The SMILES string of the molecule is CC(N)CCc1cc(F)cc2ccoc12. The quantitative estimate of drug-likeness (QED) is 0.840. The monoisotopic (exact) mass is 207 g/mol. The molecular weight excluding hydrogens is 193 g/mol. The summed E-state index contributed by atoms with van der Waals surface area (Å²) in [5, 5.41) is 0.815. The Hall–Kier alpha value is -1.35. The van der Waals surface area contributed by atoms with E-state index in [1.165, 1.54) is 12.1 Å². The molecule has 0 aliphatic carbocycles. The minimum Gasteiger partial charge on any atom is -0.464 e. The average molecular weight is 207 g/mol. The first-order chi connectivity index (χ1) is 7.16. The van der Waals surface area contributed by atoms with Crippen LogP contribution >= 0.6 is 0 Å². The molecule has 0 aliphatic rings. The molecule has 0 bridgehead atoms. The van der Waals surface area contributed by atoms with Gasteiger partial charge in [0.05, 0.1) is 6.26 Å². The van der Waals surface area contributed by atoms with Crippen LogP contribution in [-0.2, 0) is 6.42 Å². The van der Waals surface area contributed by atoms with Crippen LogP contribution in [0.5, 0.6) is 0 Å². The van der Waals surface area contributed by atoms with Gasteiger partial charge in [0.15, 0.2) is 0 Å². The van der Waals surface area contributed by atoms with Gasteiger partial charge in [-0.2, -0.15) is 0 Å². The summed E-state index contributed by atoms with van der Waals surface area (Å²) in [4.78, 5) is 0. The summed E-state index contributed by atoms with van der Waals surface area (Å²) in [6.45, 7) is 1.94. The number of benzene rings is 1. The van der Waals surface area contributed by atoms with Crippen molar-refractivity contribution >= 4 is 11.0 Å². The fourth-order valence-electron chi connectivity index (χ4n) is 1.68. The zero-order chi connectivity index (χ0) is 10.8. The Bertz CT molecular complexity index is 462. The predicted molar refractivity (Wildman–Crippen MR) is 58.1 cm³/mol. The standard InChI is InChI=1S/C12H14FNO/c1-8(14)2-3-9-6-11(13)7-10-4-5-15-12(9)10/h4-8H,2-3,14H2,1H3. The van der Waals surface area contributed by atoms with Crippen LogP contribution in [0.2, 0.25) is 0 Å². The van der Waals surface area contributed by atoms with Crippen molar-refractivity contribution in [2.45, 2.75) is 25.8 Å². The molecule has 0 fully saturated rings. The highest BCUT2D eigenvalue weighted by Crippen LogP contribution is 2.23. The van der Waals surface area contributed by atoms with E-state index in [1.807, 2.05) is 6.92 Å². The van der Waals surface area contributed by atoms with E-state index in [-0.39, 0.29) is 11.9 Å². The van der Waals surface area contributed by atoms with Crippen LogP contribution < -0.4 is 5.73 Å². The second-order valence-electron chi connectivity index (χ2n) is 3.92. The van der Waals surface area contributed by atoms with Crippen molar-refractivity contribution in [2.24, 2.45) is 5.73 Å². The average Bonchev–Trinajstić information content (AvgIpc) is 2.61. The fraction of sp³-hybridized carbons (Fsp3) is 0.333. The van der Waals surface area contributed by atoms with Gasteiger partial charge < -0.3 is 10.2 Å². The lowest BCUT2D eigenvalue weighted by atomic mass is 10.0. The smallest absolute Gasteiger partial charge is 0.137 e. The van der Waals surface area contributed by atoms with Gasteiger partial charge in [0.1, 0.15) is 11.4 Å². The molecular formula is C12H14FNO. The zero-order valence-electron chi connectivity index (χ0n) is 8.66. The molecule has 1 aromatic heterocycles. The van der Waals surface area contributed by atoms with Crippen molar-refractivity contribution in [1.29, 1.82) is 0 Å². The van der Waals surface area contributed by atoms with Crippen molar-refractivity contribution in [3.63, 3.8) is 0 Å². The molecule has 1 atom stereocenters. The van der Waals surface area contributed by atoms with Gasteiger partial charge in [-0.3, -0.25) is 0 Å². The molecule has 80 valence electrons. The Morgan fingerprint density at radius 2 is 2.27 bits per heavy atom. The molecule has 2 N–H and O–H groups in total. The van der Waals surface area contributed by atoms with Crippen molar-refractivity contribution in [3.05, 3.63) is 35.8 Å². The molecule has 0 amide bonds. The van der Waals surface area contributed by atoms with E-state index in [9.17, 15) is 4.39 Å². The Kier molecular flexibility index (Phi) is 2.73. The molecule has 15 heavy (non-hydrogen) atoms. The lowest BCUT2D eigenvalue weighted by Gasteiger charge is -2.05. The van der Waals surface area contributed by atoms with Gasteiger partial charge in [-0.15, -0.1) is 0 Å². The van der Waals surface area contributed by atoms with Crippen molar-refractivity contribution < 1.29 is 8.81 Å². The van der Waals surface area contributed by atoms with E-state index in [4.69, 9.17) is 10.2 Å². The molecule has 1 unspecified atom stereocenters. The number of rotatable bonds is 3. The first-order valence-electron chi connectivity index (χ1n) is 5.08. The molecule has 1 heterocycles. The van der Waals surface area contributed by atoms with Crippen LogP contribution in [0.25, 0.3) is 11.0 Å². The molecule has 2 aromatic rings. The van der Waals surface area contributed by atoms with E-state index in [0.29, 0.717) is 0 Å². The second-order valence-corrected chi connectivity index (χ2v) is 3.92. The maximum Gasteiger partial charge on any atom is 0.137 e. The largest absolute Gasteiger partial charge is 0.464 e. The highest BCUT2D eigenvalue weighted by atomic mass is 19.1. The third kappa shape index (κ3) is 2.18. The maximum absolute atomic E-state index is 13.2. The zero-order valence-corrected chi connectivity index (χ0v) is 8.66. The predicted octanol–water partition coefficient (Wildman–Crippen LogP) is 2.85. The van der Waals surface area contributed by atoms with E-state index < -0.39 is 0 Å². The number of halogens is 1. The van der Waals surface area contributed by atoms with Gasteiger partial charge in [0, 0.05) is 11.4 Å². The van der Waals surface area contributed by atoms with Crippen LogP contribution in [0.1, 0.15) is 18.9 Å². The molecule has 0 spiro atoms. The van der Waals surface area contributed by atoms with Gasteiger partial charge in [-0.25, -0.2) is 4.39 Å². The normalized spacial score (nSPS) is 13.3. The van der Waals surface area contributed by atoms with Gasteiger partial charge in [0.2, 0.25) is 0 Å². The van der Waals surface area contributed by atoms with Gasteiger partial charge >= 0.3 is 0 Å². The molecule has 3 heteroatoms. The van der Waals surface area contributed by atoms with Gasteiger partial charge in [-0.05, 0) is 43.5 Å². The number of nitrogens with two attached hydrogens (primary N) is 1. The minimum absolute atomic E-state index is 0.123. The van der Waals surface area contributed by atoms with E-state index in [1.54, 1.807) is 12.3 Å². The van der Waals surface area contributed by atoms with Crippen molar-refractivity contribution in [1.82, 2.24) is 0 Å². The summed E-state index contributed by atoms with van der Waals surface area (Å²) in [5.41, 5.74) is 7.34. The molecule has 1 aromatic carbocycles. The molecule has 2 nitrogen and oxygen atoms in total. The molecule has 0 saturated carbocycles. The van der Waals surface area contributed by atoms with Crippen LogP contribution in [0.15, 0.2) is 28.9 Å². The summed E-state index contributed by atoms with van der Waals surface area (Å²) in [6, 6.07) is 4.90. The number of hydrogen-bond donors (Lipinski definition) is 1. The number of furan rings is 1.